The van der Waals surface area contributed by atoms with Gasteiger partial charge < -0.3 is 4.90 Å². The number of rotatable bonds is 11. The van der Waals surface area contributed by atoms with Crippen LogP contribution in [0.3, 0.4) is 0 Å². The number of sulfonamides is 1. The Bertz CT molecular complexity index is 1080. The second kappa shape index (κ2) is 11.1. The van der Waals surface area contributed by atoms with Crippen molar-refractivity contribution in [3.63, 3.8) is 0 Å². The van der Waals surface area contributed by atoms with Crippen LogP contribution in [-0.4, -0.2) is 60.6 Å². The van der Waals surface area contributed by atoms with Gasteiger partial charge in [-0.1, -0.05) is 37.3 Å². The number of carbonyl (C=O) groups excluding carboxylic acids is 3. The van der Waals surface area contributed by atoms with E-state index in [9.17, 15) is 22.8 Å². The summed E-state index contributed by atoms with van der Waals surface area (Å²) in [4.78, 5) is 40.0. The monoisotopic (exact) mass is 490 g/mol. The molecule has 0 N–H and O–H groups in total. The lowest BCUT2D eigenvalue weighted by Crippen LogP contribution is -2.42. The third-order valence-corrected chi connectivity index (χ3v) is 8.62. The van der Waals surface area contributed by atoms with Crippen molar-refractivity contribution < 1.29 is 22.8 Å². The number of carbonyl (C=O) groups is 3. The molecule has 1 fully saturated rings. The topological polar surface area (TPSA) is 91.8 Å². The molecule has 2 aromatic rings. The van der Waals surface area contributed by atoms with Crippen LogP contribution < -0.4 is 0 Å². The molecule has 1 saturated heterocycles. The van der Waals surface area contributed by atoms with Gasteiger partial charge in [-0.05, 0) is 43.2 Å². The SMILES string of the molecule is CCCS(=O)(=O)N(CCCN1CCCC1=O)C(=O)C(C)c1ccc(C(=O)c2cccs2)cc1. The first-order valence-electron chi connectivity index (χ1n) is 11.2. The largest absolute Gasteiger partial charge is 0.343 e. The van der Waals surface area contributed by atoms with Crippen molar-refractivity contribution in [1.82, 2.24) is 9.21 Å². The third-order valence-electron chi connectivity index (χ3n) is 5.79. The second-order valence-electron chi connectivity index (χ2n) is 8.21. The summed E-state index contributed by atoms with van der Waals surface area (Å²) in [5.41, 5.74) is 1.17. The highest BCUT2D eigenvalue weighted by atomic mass is 32.2. The maximum Gasteiger partial charge on any atom is 0.243 e. The molecule has 1 aromatic carbocycles. The summed E-state index contributed by atoms with van der Waals surface area (Å²) in [7, 11) is -3.76. The smallest absolute Gasteiger partial charge is 0.243 e. The Labute approximate surface area is 199 Å². The van der Waals surface area contributed by atoms with Gasteiger partial charge in [-0.25, -0.2) is 12.7 Å². The molecule has 0 spiro atoms. The molecular formula is C24H30N2O5S2. The Hall–Kier alpha value is -2.52. The molecule has 0 aliphatic carbocycles. The highest BCUT2D eigenvalue weighted by Gasteiger charge is 2.31. The van der Waals surface area contributed by atoms with E-state index in [1.54, 1.807) is 49.1 Å². The third kappa shape index (κ3) is 6.09. The van der Waals surface area contributed by atoms with Crippen LogP contribution in [0.4, 0.5) is 0 Å². The van der Waals surface area contributed by atoms with Crippen molar-refractivity contribution in [2.24, 2.45) is 0 Å². The van der Waals surface area contributed by atoms with E-state index < -0.39 is 21.8 Å². The summed E-state index contributed by atoms with van der Waals surface area (Å²) < 4.78 is 26.7. The van der Waals surface area contributed by atoms with Gasteiger partial charge in [0.2, 0.25) is 27.6 Å². The molecule has 1 unspecified atom stereocenters. The van der Waals surface area contributed by atoms with E-state index in [0.717, 1.165) is 10.7 Å². The Morgan fingerprint density at radius 1 is 1.18 bits per heavy atom. The number of likely N-dealkylation sites (tertiary alicyclic amines) is 1. The lowest BCUT2D eigenvalue weighted by molar-refractivity contribution is -0.128. The molecule has 1 aromatic heterocycles. The highest BCUT2D eigenvalue weighted by molar-refractivity contribution is 7.89. The van der Waals surface area contributed by atoms with E-state index >= 15 is 0 Å². The molecule has 1 aliphatic rings. The van der Waals surface area contributed by atoms with Crippen LogP contribution in [-0.2, 0) is 19.6 Å². The van der Waals surface area contributed by atoms with Crippen LogP contribution in [0.15, 0.2) is 41.8 Å². The fourth-order valence-corrected chi connectivity index (χ4v) is 6.19. The zero-order valence-corrected chi connectivity index (χ0v) is 20.7. The molecule has 1 atom stereocenters. The van der Waals surface area contributed by atoms with Crippen LogP contribution in [0, 0.1) is 0 Å². The molecule has 9 heteroatoms. The lowest BCUT2D eigenvalue weighted by atomic mass is 9.97. The molecular weight excluding hydrogens is 460 g/mol. The van der Waals surface area contributed by atoms with E-state index in [4.69, 9.17) is 0 Å². The van der Waals surface area contributed by atoms with Gasteiger partial charge in [0, 0.05) is 31.6 Å². The van der Waals surface area contributed by atoms with Gasteiger partial charge in [-0.2, -0.15) is 0 Å². The Morgan fingerprint density at radius 3 is 2.48 bits per heavy atom. The van der Waals surface area contributed by atoms with E-state index in [1.807, 2.05) is 11.4 Å². The molecule has 33 heavy (non-hydrogen) atoms. The minimum atomic E-state index is -3.76. The fourth-order valence-electron chi connectivity index (χ4n) is 3.93. The summed E-state index contributed by atoms with van der Waals surface area (Å²) in [6.07, 6.45) is 2.16. The summed E-state index contributed by atoms with van der Waals surface area (Å²) >= 11 is 1.37. The Balaban J connectivity index is 1.72. The summed E-state index contributed by atoms with van der Waals surface area (Å²) in [5.74, 6) is -1.29. The second-order valence-corrected chi connectivity index (χ2v) is 11.2. The molecule has 0 radical (unpaired) electrons. The van der Waals surface area contributed by atoms with Gasteiger partial charge >= 0.3 is 0 Å². The predicted octanol–water partition coefficient (Wildman–Crippen LogP) is 3.66. The van der Waals surface area contributed by atoms with Crippen molar-refractivity contribution in [1.29, 1.82) is 0 Å². The van der Waals surface area contributed by atoms with Gasteiger partial charge in [0.15, 0.2) is 0 Å². The minimum absolute atomic E-state index is 0.0459. The molecule has 1 aliphatic heterocycles. The number of nitrogens with zero attached hydrogens (tertiary/aromatic N) is 2. The van der Waals surface area contributed by atoms with E-state index in [2.05, 4.69) is 0 Å². The Kier molecular flexibility index (Phi) is 8.42. The van der Waals surface area contributed by atoms with E-state index in [0.29, 0.717) is 48.4 Å². The number of benzene rings is 1. The maximum atomic E-state index is 13.3. The first-order chi connectivity index (χ1) is 15.7. The fraction of sp³-hybridized carbons (Fsp3) is 0.458. The quantitative estimate of drug-likeness (QED) is 0.448. The zero-order valence-electron chi connectivity index (χ0n) is 19.0. The number of hydrogen-bond donors (Lipinski definition) is 0. The van der Waals surface area contributed by atoms with Crippen molar-refractivity contribution in [2.45, 2.75) is 45.4 Å². The standard InChI is InChI=1S/C24H30N2O5S2/c1-3-17-33(30,31)26(15-6-14-25-13-4-8-22(25)27)24(29)18(2)19-9-11-20(12-10-19)23(28)21-7-5-16-32-21/h5,7,9-12,16,18H,3-4,6,8,13-15,17H2,1-2H3. The molecule has 0 bridgehead atoms. The van der Waals surface area contributed by atoms with Gasteiger partial charge in [0.05, 0.1) is 16.5 Å². The molecule has 3 rings (SSSR count). The number of ketones is 1. The molecule has 2 amide bonds. The zero-order chi connectivity index (χ0) is 24.0. The molecule has 0 saturated carbocycles. The molecule has 2 heterocycles. The molecule has 178 valence electrons. The van der Waals surface area contributed by atoms with Crippen LogP contribution in [0.5, 0.6) is 0 Å². The van der Waals surface area contributed by atoms with E-state index in [1.165, 1.54) is 11.3 Å². The minimum Gasteiger partial charge on any atom is -0.343 e. The van der Waals surface area contributed by atoms with Crippen LogP contribution in [0.2, 0.25) is 0 Å². The van der Waals surface area contributed by atoms with Crippen LogP contribution in [0.25, 0.3) is 0 Å². The maximum absolute atomic E-state index is 13.3. The average molecular weight is 491 g/mol. The summed E-state index contributed by atoms with van der Waals surface area (Å²) in [5, 5.41) is 1.84. The van der Waals surface area contributed by atoms with Crippen molar-refractivity contribution >= 4 is 39.0 Å². The van der Waals surface area contributed by atoms with Crippen molar-refractivity contribution in [3.05, 3.63) is 57.8 Å². The van der Waals surface area contributed by atoms with E-state index in [-0.39, 0.29) is 24.0 Å². The first-order valence-corrected chi connectivity index (χ1v) is 13.7. The van der Waals surface area contributed by atoms with Gasteiger partial charge in [0.25, 0.3) is 0 Å². The summed E-state index contributed by atoms with van der Waals surface area (Å²) in [6.45, 7) is 4.61. The number of hydrogen-bond acceptors (Lipinski definition) is 6. The van der Waals surface area contributed by atoms with Gasteiger partial charge in [-0.3, -0.25) is 14.4 Å². The Morgan fingerprint density at radius 2 is 1.91 bits per heavy atom. The average Bonchev–Trinajstić information content (AvgIpc) is 3.47. The van der Waals surface area contributed by atoms with Crippen LogP contribution in [0.1, 0.15) is 66.2 Å². The number of amides is 2. The number of thiophene rings is 1. The highest BCUT2D eigenvalue weighted by Crippen LogP contribution is 2.23. The van der Waals surface area contributed by atoms with Crippen molar-refractivity contribution in [2.75, 3.05) is 25.4 Å². The van der Waals surface area contributed by atoms with Gasteiger partial charge in [0.1, 0.15) is 0 Å². The summed E-state index contributed by atoms with van der Waals surface area (Å²) in [6, 6.07) is 10.3. The molecule has 7 nitrogen and oxygen atoms in total. The predicted molar refractivity (Wildman–Crippen MR) is 129 cm³/mol. The first kappa shape index (κ1) is 25.1. The van der Waals surface area contributed by atoms with Gasteiger partial charge in [-0.15, -0.1) is 11.3 Å². The van der Waals surface area contributed by atoms with Crippen LogP contribution >= 0.6 is 11.3 Å². The lowest BCUT2D eigenvalue weighted by Gasteiger charge is -2.26. The van der Waals surface area contributed by atoms with Crippen molar-refractivity contribution in [3.8, 4) is 0 Å². The normalized spacial score (nSPS) is 15.0.